The Bertz CT molecular complexity index is 722. The van der Waals surface area contributed by atoms with E-state index in [2.05, 4.69) is 21.0 Å². The maximum Gasteiger partial charge on any atom is 0.136 e. The van der Waals surface area contributed by atoms with Crippen LogP contribution in [0.25, 0.3) is 0 Å². The highest BCUT2D eigenvalue weighted by Gasteiger charge is 2.22. The predicted octanol–water partition coefficient (Wildman–Crippen LogP) is 2.51. The molecule has 0 saturated carbocycles. The third-order valence-corrected chi connectivity index (χ3v) is 3.39. The SMILES string of the molecule is Cc1cc(C2=NCc3ncnc(N)c32)ccc1OC(C)C. The van der Waals surface area contributed by atoms with Gasteiger partial charge < -0.3 is 10.5 Å². The van der Waals surface area contributed by atoms with Crippen LogP contribution in [0.5, 0.6) is 5.75 Å². The lowest BCUT2D eigenvalue weighted by Crippen LogP contribution is -2.10. The van der Waals surface area contributed by atoms with Crippen LogP contribution in [0, 0.1) is 6.92 Å². The van der Waals surface area contributed by atoms with Crippen molar-refractivity contribution in [2.75, 3.05) is 5.73 Å². The molecule has 0 aliphatic carbocycles. The number of anilines is 1. The number of nitrogens with two attached hydrogens (primary N) is 1. The average molecular weight is 282 g/mol. The van der Waals surface area contributed by atoms with Crippen LogP contribution in [-0.4, -0.2) is 21.8 Å². The van der Waals surface area contributed by atoms with Crippen LogP contribution in [0.1, 0.15) is 36.2 Å². The summed E-state index contributed by atoms with van der Waals surface area (Å²) in [6.07, 6.45) is 1.64. The Morgan fingerprint density at radius 3 is 2.76 bits per heavy atom. The number of nitrogen functional groups attached to an aromatic ring is 1. The predicted molar refractivity (Wildman–Crippen MR) is 82.7 cm³/mol. The van der Waals surface area contributed by atoms with E-state index < -0.39 is 0 Å². The third-order valence-electron chi connectivity index (χ3n) is 3.39. The number of nitrogens with zero attached hydrogens (tertiary/aromatic N) is 3. The van der Waals surface area contributed by atoms with E-state index in [1.165, 1.54) is 6.33 Å². The molecular weight excluding hydrogens is 264 g/mol. The van der Waals surface area contributed by atoms with Gasteiger partial charge in [0.2, 0.25) is 0 Å². The Hall–Kier alpha value is -2.43. The molecule has 3 rings (SSSR count). The summed E-state index contributed by atoms with van der Waals surface area (Å²) >= 11 is 0. The van der Waals surface area contributed by atoms with Gasteiger partial charge >= 0.3 is 0 Å². The molecule has 1 aliphatic rings. The van der Waals surface area contributed by atoms with Crippen molar-refractivity contribution in [3.63, 3.8) is 0 Å². The average Bonchev–Trinajstić information content (AvgIpc) is 2.86. The first-order chi connectivity index (χ1) is 10.1. The van der Waals surface area contributed by atoms with E-state index in [9.17, 15) is 0 Å². The van der Waals surface area contributed by atoms with Crippen LogP contribution in [0.3, 0.4) is 0 Å². The van der Waals surface area contributed by atoms with Crippen molar-refractivity contribution in [1.29, 1.82) is 0 Å². The highest BCUT2D eigenvalue weighted by Crippen LogP contribution is 2.27. The number of hydrogen-bond donors (Lipinski definition) is 1. The summed E-state index contributed by atoms with van der Waals surface area (Å²) in [7, 11) is 0. The molecule has 0 bridgehead atoms. The second kappa shape index (κ2) is 5.16. The molecular formula is C16H18N4O. The first-order valence-electron chi connectivity index (χ1n) is 6.98. The molecule has 0 saturated heterocycles. The fourth-order valence-corrected chi connectivity index (χ4v) is 2.47. The van der Waals surface area contributed by atoms with Crippen LogP contribution in [0.15, 0.2) is 29.5 Å². The van der Waals surface area contributed by atoms with Crippen molar-refractivity contribution in [2.45, 2.75) is 33.4 Å². The number of ether oxygens (including phenoxy) is 1. The molecule has 2 heterocycles. The number of aryl methyl sites for hydroxylation is 1. The van der Waals surface area contributed by atoms with Gasteiger partial charge in [-0.15, -0.1) is 0 Å². The first kappa shape index (κ1) is 13.5. The molecule has 5 nitrogen and oxygen atoms in total. The number of hydrogen-bond acceptors (Lipinski definition) is 5. The highest BCUT2D eigenvalue weighted by atomic mass is 16.5. The number of rotatable bonds is 3. The van der Waals surface area contributed by atoms with Gasteiger partial charge in [-0.3, -0.25) is 4.99 Å². The van der Waals surface area contributed by atoms with E-state index in [1.807, 2.05) is 32.9 Å². The molecule has 108 valence electrons. The van der Waals surface area contributed by atoms with Crippen LogP contribution in [0.4, 0.5) is 5.82 Å². The standard InChI is InChI=1S/C16H18N4O/c1-9(2)21-13-5-4-11(6-10(13)3)15-14-12(7-18-15)19-8-20-16(14)17/h4-6,8-9H,7H2,1-3H3,(H2,17,19,20). The summed E-state index contributed by atoms with van der Waals surface area (Å²) < 4.78 is 5.77. The van der Waals surface area contributed by atoms with E-state index in [1.54, 1.807) is 0 Å². The summed E-state index contributed by atoms with van der Waals surface area (Å²) in [6.45, 7) is 6.62. The molecule has 1 aromatic carbocycles. The first-order valence-corrected chi connectivity index (χ1v) is 6.98. The van der Waals surface area contributed by atoms with Gasteiger partial charge in [0.05, 0.1) is 29.6 Å². The second-order valence-electron chi connectivity index (χ2n) is 5.39. The summed E-state index contributed by atoms with van der Waals surface area (Å²) in [6, 6.07) is 6.05. The van der Waals surface area contributed by atoms with E-state index in [-0.39, 0.29) is 6.10 Å². The summed E-state index contributed by atoms with van der Waals surface area (Å²) in [5.41, 5.74) is 10.7. The minimum absolute atomic E-state index is 0.156. The minimum Gasteiger partial charge on any atom is -0.491 e. The Balaban J connectivity index is 1.99. The Morgan fingerprint density at radius 2 is 2.05 bits per heavy atom. The molecule has 0 spiro atoms. The second-order valence-corrected chi connectivity index (χ2v) is 5.39. The summed E-state index contributed by atoms with van der Waals surface area (Å²) in [5, 5.41) is 0. The fourth-order valence-electron chi connectivity index (χ4n) is 2.47. The lowest BCUT2D eigenvalue weighted by Gasteiger charge is -2.14. The van der Waals surface area contributed by atoms with Gasteiger partial charge in [0.25, 0.3) is 0 Å². The largest absolute Gasteiger partial charge is 0.491 e. The summed E-state index contributed by atoms with van der Waals surface area (Å²) in [4.78, 5) is 12.9. The zero-order valence-corrected chi connectivity index (χ0v) is 12.4. The monoisotopic (exact) mass is 282 g/mol. The van der Waals surface area contributed by atoms with Crippen LogP contribution in [-0.2, 0) is 6.54 Å². The quantitative estimate of drug-likeness (QED) is 0.938. The lowest BCUT2D eigenvalue weighted by atomic mass is 10.0. The zero-order chi connectivity index (χ0) is 15.0. The Labute approximate surface area is 123 Å². The van der Waals surface area contributed by atoms with E-state index in [4.69, 9.17) is 10.5 Å². The van der Waals surface area contributed by atoms with Crippen molar-refractivity contribution >= 4 is 11.5 Å². The van der Waals surface area contributed by atoms with Crippen LogP contribution < -0.4 is 10.5 Å². The van der Waals surface area contributed by atoms with Gasteiger partial charge in [0.15, 0.2) is 0 Å². The van der Waals surface area contributed by atoms with Gasteiger partial charge in [0.1, 0.15) is 17.9 Å². The number of aromatic nitrogens is 2. The zero-order valence-electron chi connectivity index (χ0n) is 12.4. The maximum absolute atomic E-state index is 5.98. The Kier molecular flexibility index (Phi) is 3.33. The number of aliphatic imine (C=N–C) groups is 1. The molecule has 2 aromatic rings. The smallest absolute Gasteiger partial charge is 0.136 e. The van der Waals surface area contributed by atoms with Crippen LogP contribution >= 0.6 is 0 Å². The molecule has 0 radical (unpaired) electrons. The molecule has 5 heteroatoms. The minimum atomic E-state index is 0.156. The van der Waals surface area contributed by atoms with Crippen molar-refractivity contribution in [3.8, 4) is 5.75 Å². The normalized spacial score (nSPS) is 13.2. The molecule has 21 heavy (non-hydrogen) atoms. The molecule has 0 amide bonds. The van der Waals surface area contributed by atoms with Gasteiger partial charge in [-0.05, 0) is 44.5 Å². The third kappa shape index (κ3) is 2.46. The van der Waals surface area contributed by atoms with Crippen LogP contribution in [0.2, 0.25) is 0 Å². The fraction of sp³-hybridized carbons (Fsp3) is 0.312. The molecule has 1 aliphatic heterocycles. The molecule has 0 atom stereocenters. The topological polar surface area (TPSA) is 73.4 Å². The molecule has 0 fully saturated rings. The number of benzene rings is 1. The van der Waals surface area contributed by atoms with Gasteiger partial charge in [-0.2, -0.15) is 0 Å². The summed E-state index contributed by atoms with van der Waals surface area (Å²) in [5.74, 6) is 1.38. The maximum atomic E-state index is 5.98. The number of fused-ring (bicyclic) bond motifs is 1. The van der Waals surface area contributed by atoms with Crippen molar-refractivity contribution in [1.82, 2.24) is 9.97 Å². The van der Waals surface area contributed by atoms with Gasteiger partial charge in [-0.25, -0.2) is 9.97 Å². The molecule has 1 aromatic heterocycles. The molecule has 2 N–H and O–H groups in total. The van der Waals surface area contributed by atoms with E-state index >= 15 is 0 Å². The van der Waals surface area contributed by atoms with Crippen molar-refractivity contribution < 1.29 is 4.74 Å². The molecule has 0 unspecified atom stereocenters. The lowest BCUT2D eigenvalue weighted by molar-refractivity contribution is 0.241. The van der Waals surface area contributed by atoms with E-state index in [0.717, 1.165) is 33.8 Å². The van der Waals surface area contributed by atoms with Gasteiger partial charge in [-0.1, -0.05) is 0 Å². The highest BCUT2D eigenvalue weighted by molar-refractivity contribution is 6.17. The van der Waals surface area contributed by atoms with Crippen molar-refractivity contribution in [2.24, 2.45) is 4.99 Å². The van der Waals surface area contributed by atoms with E-state index in [0.29, 0.717) is 12.4 Å². The van der Waals surface area contributed by atoms with Gasteiger partial charge in [0, 0.05) is 5.56 Å². The van der Waals surface area contributed by atoms with Crippen molar-refractivity contribution in [3.05, 3.63) is 46.9 Å². The Morgan fingerprint density at radius 1 is 1.24 bits per heavy atom.